The van der Waals surface area contributed by atoms with Crippen LogP contribution in [-0.4, -0.2) is 0 Å². The monoisotopic (exact) mass is 719 g/mol. The van der Waals surface area contributed by atoms with Crippen LogP contribution in [-0.2, 0) is 0 Å². The zero-order valence-corrected chi connectivity index (χ0v) is 30.6. The van der Waals surface area contributed by atoms with Crippen LogP contribution in [0.5, 0.6) is 0 Å². The maximum atomic E-state index is 6.73. The number of thiophene rings is 1. The molecule has 0 saturated carbocycles. The predicted molar refractivity (Wildman–Crippen MR) is 235 cm³/mol. The summed E-state index contributed by atoms with van der Waals surface area (Å²) in [5, 5.41) is 7.08. The SMILES string of the molecule is c1ccc(-c2ccc(-c3ccc(N(c4ccccc4-c4cccc5c4sc4ccccc45)c4cccc5oc6c7ccccc7ccc6c45)cc3)cc2)cc1. The molecule has 0 aliphatic heterocycles. The Morgan fingerprint density at radius 3 is 1.80 bits per heavy atom. The summed E-state index contributed by atoms with van der Waals surface area (Å²) < 4.78 is 9.32. The molecule has 2 nitrogen and oxygen atoms in total. The molecule has 0 saturated heterocycles. The van der Waals surface area contributed by atoms with Gasteiger partial charge in [0.15, 0.2) is 0 Å². The van der Waals surface area contributed by atoms with Gasteiger partial charge in [0, 0.05) is 47.8 Å². The predicted octanol–water partition coefficient (Wildman–Crippen LogP) is 15.6. The van der Waals surface area contributed by atoms with Gasteiger partial charge < -0.3 is 9.32 Å². The summed E-state index contributed by atoms with van der Waals surface area (Å²) in [5.41, 5.74) is 12.2. The van der Waals surface area contributed by atoms with Crippen LogP contribution < -0.4 is 4.90 Å². The molecule has 2 aromatic heterocycles. The highest BCUT2D eigenvalue weighted by molar-refractivity contribution is 7.26. The van der Waals surface area contributed by atoms with E-state index in [1.54, 1.807) is 0 Å². The van der Waals surface area contributed by atoms with Gasteiger partial charge in [0.25, 0.3) is 0 Å². The van der Waals surface area contributed by atoms with E-state index in [9.17, 15) is 0 Å². The van der Waals surface area contributed by atoms with Crippen LogP contribution >= 0.6 is 11.3 Å². The van der Waals surface area contributed by atoms with E-state index in [1.165, 1.54) is 58.9 Å². The molecule has 55 heavy (non-hydrogen) atoms. The second-order valence-corrected chi connectivity index (χ2v) is 15.1. The number of rotatable bonds is 6. The molecule has 0 atom stereocenters. The van der Waals surface area contributed by atoms with Gasteiger partial charge in [0.1, 0.15) is 11.2 Å². The van der Waals surface area contributed by atoms with Crippen molar-refractivity contribution in [3.05, 3.63) is 200 Å². The number of furan rings is 1. The van der Waals surface area contributed by atoms with Gasteiger partial charge in [-0.15, -0.1) is 11.3 Å². The molecule has 0 fully saturated rings. The maximum absolute atomic E-state index is 6.73. The minimum absolute atomic E-state index is 0.869. The van der Waals surface area contributed by atoms with Crippen molar-refractivity contribution in [2.75, 3.05) is 4.90 Å². The third-order valence-electron chi connectivity index (χ3n) is 10.9. The van der Waals surface area contributed by atoms with Crippen LogP contribution in [0.2, 0.25) is 0 Å². The summed E-state index contributed by atoms with van der Waals surface area (Å²) in [5.74, 6) is 0. The fourth-order valence-electron chi connectivity index (χ4n) is 8.27. The van der Waals surface area contributed by atoms with Gasteiger partial charge in [0.05, 0.1) is 16.8 Å². The minimum atomic E-state index is 0.869. The van der Waals surface area contributed by atoms with E-state index in [4.69, 9.17) is 4.42 Å². The lowest BCUT2D eigenvalue weighted by Crippen LogP contribution is -2.11. The Morgan fingerprint density at radius 1 is 0.382 bits per heavy atom. The van der Waals surface area contributed by atoms with E-state index in [0.717, 1.165) is 44.4 Å². The summed E-state index contributed by atoms with van der Waals surface area (Å²) in [7, 11) is 0. The molecule has 2 heterocycles. The molecule has 11 rings (SSSR count). The van der Waals surface area contributed by atoms with Gasteiger partial charge >= 0.3 is 0 Å². The Morgan fingerprint density at radius 2 is 0.982 bits per heavy atom. The van der Waals surface area contributed by atoms with Gasteiger partial charge in [-0.05, 0) is 70.1 Å². The van der Waals surface area contributed by atoms with Crippen LogP contribution in [0.25, 0.3) is 86.3 Å². The first-order valence-electron chi connectivity index (χ1n) is 18.7. The van der Waals surface area contributed by atoms with Crippen LogP contribution in [0.4, 0.5) is 17.1 Å². The van der Waals surface area contributed by atoms with Crippen molar-refractivity contribution in [3.8, 4) is 33.4 Å². The standard InChI is InChI=1S/C52H33NOS/c1-2-12-34(13-3-1)35-24-26-36(27-25-35)37-28-31-39(32-29-37)53(47-21-11-22-48-50(47)45-33-30-38-14-4-5-15-40(38)51(45)54-48)46-20-8-6-16-41(46)43-18-10-19-44-42-17-7-9-23-49(42)55-52(43)44/h1-33H. The van der Waals surface area contributed by atoms with Crippen LogP contribution in [0.15, 0.2) is 205 Å². The summed E-state index contributed by atoms with van der Waals surface area (Å²) >= 11 is 1.87. The van der Waals surface area contributed by atoms with E-state index in [1.807, 2.05) is 11.3 Å². The quantitative estimate of drug-likeness (QED) is 0.170. The molecule has 9 aromatic carbocycles. The van der Waals surface area contributed by atoms with Crippen LogP contribution in [0.3, 0.4) is 0 Å². The molecule has 0 radical (unpaired) electrons. The molecule has 0 bridgehead atoms. The van der Waals surface area contributed by atoms with Crippen molar-refractivity contribution in [1.29, 1.82) is 0 Å². The number of hydrogen-bond donors (Lipinski definition) is 0. The number of benzene rings is 9. The zero-order valence-electron chi connectivity index (χ0n) is 29.8. The van der Waals surface area contributed by atoms with Gasteiger partial charge in [-0.3, -0.25) is 0 Å². The lowest BCUT2D eigenvalue weighted by atomic mass is 9.98. The number of hydrogen-bond acceptors (Lipinski definition) is 3. The summed E-state index contributed by atoms with van der Waals surface area (Å²) in [4.78, 5) is 2.43. The molecule has 258 valence electrons. The fraction of sp³-hybridized carbons (Fsp3) is 0. The Hall–Kier alpha value is -6.94. The molecule has 3 heteroatoms. The highest BCUT2D eigenvalue weighted by Crippen LogP contribution is 2.49. The molecule has 0 spiro atoms. The van der Waals surface area contributed by atoms with Crippen molar-refractivity contribution in [2.24, 2.45) is 0 Å². The highest BCUT2D eigenvalue weighted by atomic mass is 32.1. The highest BCUT2D eigenvalue weighted by Gasteiger charge is 2.23. The summed E-state index contributed by atoms with van der Waals surface area (Å²) in [6.07, 6.45) is 0. The van der Waals surface area contributed by atoms with Crippen molar-refractivity contribution in [1.82, 2.24) is 0 Å². The van der Waals surface area contributed by atoms with Gasteiger partial charge in [-0.1, -0.05) is 158 Å². The second kappa shape index (κ2) is 12.9. The molecule has 0 unspecified atom stereocenters. The van der Waals surface area contributed by atoms with Crippen molar-refractivity contribution < 1.29 is 4.42 Å². The van der Waals surface area contributed by atoms with Gasteiger partial charge in [-0.2, -0.15) is 0 Å². The number of fused-ring (bicyclic) bond motifs is 8. The smallest absolute Gasteiger partial charge is 0.143 e. The Labute approximate surface area is 322 Å². The zero-order chi connectivity index (χ0) is 36.3. The van der Waals surface area contributed by atoms with Crippen LogP contribution in [0.1, 0.15) is 0 Å². The van der Waals surface area contributed by atoms with E-state index in [2.05, 4.69) is 205 Å². The lowest BCUT2D eigenvalue weighted by molar-refractivity contribution is 0.672. The van der Waals surface area contributed by atoms with Crippen molar-refractivity contribution in [3.63, 3.8) is 0 Å². The average Bonchev–Trinajstić information content (AvgIpc) is 3.84. The topological polar surface area (TPSA) is 16.4 Å². The molecule has 0 amide bonds. The Balaban J connectivity index is 1.12. The molecule has 0 N–H and O–H groups in total. The van der Waals surface area contributed by atoms with Crippen molar-refractivity contribution in [2.45, 2.75) is 0 Å². The molecule has 11 aromatic rings. The van der Waals surface area contributed by atoms with Gasteiger partial charge in [-0.25, -0.2) is 0 Å². The summed E-state index contributed by atoms with van der Waals surface area (Å²) in [6.45, 7) is 0. The second-order valence-electron chi connectivity index (χ2n) is 14.0. The lowest BCUT2D eigenvalue weighted by Gasteiger charge is -2.29. The van der Waals surface area contributed by atoms with Gasteiger partial charge in [0.2, 0.25) is 0 Å². The first-order valence-corrected chi connectivity index (χ1v) is 19.5. The van der Waals surface area contributed by atoms with Crippen LogP contribution in [0, 0.1) is 0 Å². The summed E-state index contributed by atoms with van der Waals surface area (Å²) in [6, 6.07) is 72.1. The molecule has 0 aliphatic carbocycles. The third-order valence-corrected chi connectivity index (χ3v) is 12.1. The first kappa shape index (κ1) is 31.6. The molecule has 0 aliphatic rings. The van der Waals surface area contributed by atoms with Crippen molar-refractivity contribution >= 4 is 81.3 Å². The Kier molecular flexibility index (Phi) is 7.39. The minimum Gasteiger partial charge on any atom is -0.455 e. The largest absolute Gasteiger partial charge is 0.455 e. The number of para-hydroxylation sites is 1. The van der Waals surface area contributed by atoms with E-state index < -0.39 is 0 Å². The number of nitrogens with zero attached hydrogens (tertiary/aromatic N) is 1. The van der Waals surface area contributed by atoms with E-state index in [0.29, 0.717) is 0 Å². The molecular formula is C52H33NOS. The maximum Gasteiger partial charge on any atom is 0.143 e. The van der Waals surface area contributed by atoms with E-state index in [-0.39, 0.29) is 0 Å². The fourth-order valence-corrected chi connectivity index (χ4v) is 9.50. The third kappa shape index (κ3) is 5.24. The molecular weight excluding hydrogens is 687 g/mol. The number of anilines is 3. The normalized spacial score (nSPS) is 11.6. The van der Waals surface area contributed by atoms with E-state index >= 15 is 0 Å². The first-order chi connectivity index (χ1) is 27.3. The Bertz CT molecular complexity index is 3190. The average molecular weight is 720 g/mol.